The summed E-state index contributed by atoms with van der Waals surface area (Å²) in [6.07, 6.45) is 2.56. The highest BCUT2D eigenvalue weighted by molar-refractivity contribution is 7.09. The second kappa shape index (κ2) is 3.61. The van der Waals surface area contributed by atoms with Gasteiger partial charge in [-0.3, -0.25) is 0 Å². The molecule has 0 unspecified atom stereocenters. The van der Waals surface area contributed by atoms with Crippen LogP contribution in [0.25, 0.3) is 11.0 Å². The van der Waals surface area contributed by atoms with Crippen molar-refractivity contribution >= 4 is 28.2 Å². The van der Waals surface area contributed by atoms with Crippen molar-refractivity contribution in [3.8, 4) is 0 Å². The normalized spacial score (nSPS) is 11.0. The highest BCUT2D eigenvalue weighted by Gasteiger charge is 2.06. The van der Waals surface area contributed by atoms with Crippen molar-refractivity contribution in [2.24, 2.45) is 0 Å². The Hall–Kier alpha value is -1.88. The number of nitrogens with one attached hydrogen (secondary N) is 1. The Labute approximate surface area is 96.2 Å². The minimum absolute atomic E-state index is 0.540. The van der Waals surface area contributed by atoms with E-state index < -0.39 is 0 Å². The summed E-state index contributed by atoms with van der Waals surface area (Å²) in [7, 11) is 0. The maximum absolute atomic E-state index is 5.86. The number of hydrogen-bond acceptors (Lipinski definition) is 4. The average molecular weight is 230 g/mol. The zero-order valence-electron chi connectivity index (χ0n) is 8.47. The molecule has 3 aromatic heterocycles. The van der Waals surface area contributed by atoms with Crippen LogP contribution < -0.4 is 5.73 Å². The summed E-state index contributed by atoms with van der Waals surface area (Å²) in [5.41, 5.74) is 6.67. The third-order valence-corrected chi connectivity index (χ3v) is 3.28. The molecule has 0 aromatic carbocycles. The molecule has 0 aliphatic heterocycles. The van der Waals surface area contributed by atoms with E-state index in [0.29, 0.717) is 5.82 Å². The number of hydrogen-bond donors (Lipinski definition) is 2. The molecule has 5 heteroatoms. The molecular weight excluding hydrogens is 220 g/mol. The van der Waals surface area contributed by atoms with E-state index in [9.17, 15) is 0 Å². The van der Waals surface area contributed by atoms with Gasteiger partial charge < -0.3 is 10.7 Å². The number of rotatable bonds is 2. The Morgan fingerprint density at radius 3 is 3.06 bits per heavy atom. The van der Waals surface area contributed by atoms with Gasteiger partial charge in [0.05, 0.1) is 5.39 Å². The monoisotopic (exact) mass is 230 g/mol. The highest BCUT2D eigenvalue weighted by atomic mass is 32.1. The molecule has 0 atom stereocenters. The van der Waals surface area contributed by atoms with Crippen molar-refractivity contribution in [1.29, 1.82) is 0 Å². The van der Waals surface area contributed by atoms with Gasteiger partial charge in [-0.05, 0) is 17.5 Å². The van der Waals surface area contributed by atoms with Crippen LogP contribution in [0.1, 0.15) is 10.7 Å². The Morgan fingerprint density at radius 2 is 2.25 bits per heavy atom. The Kier molecular flexibility index (Phi) is 2.11. The van der Waals surface area contributed by atoms with Gasteiger partial charge in [-0.15, -0.1) is 11.3 Å². The zero-order chi connectivity index (χ0) is 11.0. The summed E-state index contributed by atoms with van der Waals surface area (Å²) in [5.74, 6) is 1.30. The maximum Gasteiger partial charge on any atom is 0.143 e. The van der Waals surface area contributed by atoms with Gasteiger partial charge >= 0.3 is 0 Å². The van der Waals surface area contributed by atoms with Gasteiger partial charge in [0.15, 0.2) is 0 Å². The molecule has 4 nitrogen and oxygen atoms in total. The first-order valence-electron chi connectivity index (χ1n) is 4.95. The van der Waals surface area contributed by atoms with Crippen LogP contribution in [0.5, 0.6) is 0 Å². The predicted molar refractivity (Wildman–Crippen MR) is 65.4 cm³/mol. The number of nitrogens with two attached hydrogens (primary N) is 1. The second-order valence-electron chi connectivity index (χ2n) is 3.52. The first kappa shape index (κ1) is 9.35. The fourth-order valence-corrected chi connectivity index (χ4v) is 2.36. The van der Waals surface area contributed by atoms with Crippen LogP contribution in [0.4, 0.5) is 5.82 Å². The zero-order valence-corrected chi connectivity index (χ0v) is 9.29. The van der Waals surface area contributed by atoms with Crippen molar-refractivity contribution in [3.05, 3.63) is 40.5 Å². The molecule has 0 saturated carbocycles. The maximum atomic E-state index is 5.86. The summed E-state index contributed by atoms with van der Waals surface area (Å²) in [5, 5.41) is 2.93. The first-order chi connectivity index (χ1) is 7.83. The fraction of sp³-hybridized carbons (Fsp3) is 0.0909. The lowest BCUT2D eigenvalue weighted by Gasteiger charge is -2.00. The molecule has 0 radical (unpaired) electrons. The van der Waals surface area contributed by atoms with E-state index in [-0.39, 0.29) is 0 Å². The Bertz CT molecular complexity index is 612. The molecular formula is C11H10N4S. The van der Waals surface area contributed by atoms with Crippen LogP contribution in [0, 0.1) is 0 Å². The lowest BCUT2D eigenvalue weighted by atomic mass is 10.3. The number of aromatic amines is 1. The van der Waals surface area contributed by atoms with Crippen LogP contribution in [0.2, 0.25) is 0 Å². The third kappa shape index (κ3) is 1.55. The summed E-state index contributed by atoms with van der Waals surface area (Å²) < 4.78 is 0. The number of H-pyrrole nitrogens is 1. The lowest BCUT2D eigenvalue weighted by Crippen LogP contribution is -2.00. The number of nitrogens with zero attached hydrogens (tertiary/aromatic N) is 2. The van der Waals surface area contributed by atoms with Crippen LogP contribution in [0.15, 0.2) is 29.8 Å². The van der Waals surface area contributed by atoms with E-state index >= 15 is 0 Å². The molecule has 0 aliphatic carbocycles. The Morgan fingerprint density at radius 1 is 1.31 bits per heavy atom. The van der Waals surface area contributed by atoms with Crippen molar-refractivity contribution in [1.82, 2.24) is 15.0 Å². The number of fused-ring (bicyclic) bond motifs is 1. The molecule has 0 bridgehead atoms. The molecule has 0 saturated heterocycles. The molecule has 16 heavy (non-hydrogen) atoms. The van der Waals surface area contributed by atoms with E-state index in [4.69, 9.17) is 5.73 Å². The fourth-order valence-electron chi connectivity index (χ4n) is 1.66. The van der Waals surface area contributed by atoms with Gasteiger partial charge in [0.2, 0.25) is 0 Å². The molecule has 0 spiro atoms. The molecule has 3 rings (SSSR count). The largest absolute Gasteiger partial charge is 0.383 e. The van der Waals surface area contributed by atoms with Crippen molar-refractivity contribution in [3.63, 3.8) is 0 Å². The van der Waals surface area contributed by atoms with Crippen LogP contribution in [-0.2, 0) is 6.42 Å². The van der Waals surface area contributed by atoms with E-state index in [1.165, 1.54) is 4.88 Å². The molecule has 0 fully saturated rings. The second-order valence-corrected chi connectivity index (χ2v) is 4.55. The molecule has 3 N–H and O–H groups in total. The Balaban J connectivity index is 2.04. The standard InChI is InChI=1S/C11H10N4S/c12-10-8-3-4-13-11(8)15-9(14-10)6-7-2-1-5-16-7/h1-5H,6H2,(H3,12,13,14,15). The number of aromatic nitrogens is 3. The summed E-state index contributed by atoms with van der Waals surface area (Å²) in [4.78, 5) is 13.0. The van der Waals surface area contributed by atoms with Gasteiger partial charge in [0, 0.05) is 17.5 Å². The highest BCUT2D eigenvalue weighted by Crippen LogP contribution is 2.18. The van der Waals surface area contributed by atoms with Crippen LogP contribution in [0.3, 0.4) is 0 Å². The molecule has 3 heterocycles. The predicted octanol–water partition coefficient (Wildman–Crippen LogP) is 2.19. The first-order valence-corrected chi connectivity index (χ1v) is 5.83. The van der Waals surface area contributed by atoms with E-state index in [1.54, 1.807) is 11.3 Å². The molecule has 3 aromatic rings. The quantitative estimate of drug-likeness (QED) is 0.709. The smallest absolute Gasteiger partial charge is 0.143 e. The summed E-state index contributed by atoms with van der Waals surface area (Å²) in [6.45, 7) is 0. The van der Waals surface area contributed by atoms with Crippen molar-refractivity contribution < 1.29 is 0 Å². The molecule has 0 amide bonds. The van der Waals surface area contributed by atoms with E-state index in [2.05, 4.69) is 21.0 Å². The summed E-state index contributed by atoms with van der Waals surface area (Å²) >= 11 is 1.70. The van der Waals surface area contributed by atoms with Crippen molar-refractivity contribution in [2.75, 3.05) is 5.73 Å². The average Bonchev–Trinajstić information content (AvgIpc) is 2.87. The van der Waals surface area contributed by atoms with Gasteiger partial charge in [-0.2, -0.15) is 0 Å². The van der Waals surface area contributed by atoms with E-state index in [0.717, 1.165) is 23.3 Å². The third-order valence-electron chi connectivity index (χ3n) is 2.40. The molecule has 80 valence electrons. The lowest BCUT2D eigenvalue weighted by molar-refractivity contribution is 1.01. The van der Waals surface area contributed by atoms with Crippen molar-refractivity contribution in [2.45, 2.75) is 6.42 Å². The van der Waals surface area contributed by atoms with Gasteiger partial charge in [0.25, 0.3) is 0 Å². The van der Waals surface area contributed by atoms with E-state index in [1.807, 2.05) is 23.7 Å². The number of nitrogen functional groups attached to an aromatic ring is 1. The number of thiophene rings is 1. The van der Waals surface area contributed by atoms with Gasteiger partial charge in [-0.25, -0.2) is 9.97 Å². The van der Waals surface area contributed by atoms with Gasteiger partial charge in [-0.1, -0.05) is 6.07 Å². The SMILES string of the molecule is Nc1nc(Cc2cccs2)nc2[nH]ccc12. The minimum Gasteiger partial charge on any atom is -0.383 e. The summed E-state index contributed by atoms with van der Waals surface area (Å²) in [6, 6.07) is 5.99. The molecule has 0 aliphatic rings. The number of anilines is 1. The minimum atomic E-state index is 0.540. The van der Waals surface area contributed by atoms with Crippen LogP contribution in [-0.4, -0.2) is 15.0 Å². The van der Waals surface area contributed by atoms with Crippen LogP contribution >= 0.6 is 11.3 Å². The topological polar surface area (TPSA) is 67.6 Å². The van der Waals surface area contributed by atoms with Gasteiger partial charge in [0.1, 0.15) is 17.3 Å².